The summed E-state index contributed by atoms with van der Waals surface area (Å²) >= 11 is 0. The highest BCUT2D eigenvalue weighted by atomic mass is 19.1. The predicted octanol–water partition coefficient (Wildman–Crippen LogP) is 3.28. The number of nitrogens with two attached hydrogens (primary N) is 1. The summed E-state index contributed by atoms with van der Waals surface area (Å²) in [5, 5.41) is 0. The van der Waals surface area contributed by atoms with Gasteiger partial charge in [0.15, 0.2) is 0 Å². The molecule has 4 heteroatoms. The van der Waals surface area contributed by atoms with Crippen molar-refractivity contribution >= 4 is 17.3 Å². The number of benzene rings is 2. The average Bonchev–Trinajstić information content (AvgIpc) is 2.63. The van der Waals surface area contributed by atoms with Gasteiger partial charge in [-0.25, -0.2) is 4.39 Å². The molecule has 1 aliphatic rings. The van der Waals surface area contributed by atoms with Gasteiger partial charge in [-0.05, 0) is 42.2 Å². The highest BCUT2D eigenvalue weighted by molar-refractivity contribution is 5.94. The molecule has 0 spiro atoms. The van der Waals surface area contributed by atoms with Crippen molar-refractivity contribution in [2.45, 2.75) is 25.8 Å². The van der Waals surface area contributed by atoms with Gasteiger partial charge in [-0.1, -0.05) is 24.3 Å². The van der Waals surface area contributed by atoms with Gasteiger partial charge < -0.3 is 10.6 Å². The molecule has 0 radical (unpaired) electrons. The van der Waals surface area contributed by atoms with Crippen LogP contribution in [0.3, 0.4) is 0 Å². The quantitative estimate of drug-likeness (QED) is 0.860. The lowest BCUT2D eigenvalue weighted by Crippen LogP contribution is -2.29. The van der Waals surface area contributed by atoms with E-state index in [1.165, 1.54) is 11.6 Å². The van der Waals surface area contributed by atoms with Crippen LogP contribution in [-0.4, -0.2) is 5.91 Å². The lowest BCUT2D eigenvalue weighted by atomic mass is 10.1. The van der Waals surface area contributed by atoms with Crippen LogP contribution >= 0.6 is 0 Å². The minimum absolute atomic E-state index is 0.0807. The van der Waals surface area contributed by atoms with E-state index in [4.69, 9.17) is 5.73 Å². The van der Waals surface area contributed by atoms with Gasteiger partial charge in [0.1, 0.15) is 5.82 Å². The number of halogens is 1. The van der Waals surface area contributed by atoms with Gasteiger partial charge in [0.2, 0.25) is 5.91 Å². The molecule has 2 aromatic carbocycles. The molecule has 0 bridgehead atoms. The predicted molar refractivity (Wildman–Crippen MR) is 81.4 cm³/mol. The summed E-state index contributed by atoms with van der Waals surface area (Å²) in [5.74, 6) is -0.361. The lowest BCUT2D eigenvalue weighted by molar-refractivity contribution is -0.118. The van der Waals surface area contributed by atoms with Crippen molar-refractivity contribution in [2.75, 3.05) is 10.6 Å². The Balaban J connectivity index is 1.95. The Morgan fingerprint density at radius 1 is 1.14 bits per heavy atom. The fourth-order valence-electron chi connectivity index (χ4n) is 2.71. The normalized spacial score (nSPS) is 14.7. The number of nitrogens with zero attached hydrogens (tertiary/aromatic N) is 1. The third-order valence-electron chi connectivity index (χ3n) is 3.83. The maximum Gasteiger partial charge on any atom is 0.227 e. The summed E-state index contributed by atoms with van der Waals surface area (Å²) in [6.45, 7) is 0.368. The van der Waals surface area contributed by atoms with Crippen LogP contribution in [0.15, 0.2) is 42.5 Å². The molecule has 0 fully saturated rings. The number of nitrogen functional groups attached to an aromatic ring is 1. The highest BCUT2D eigenvalue weighted by Gasteiger charge is 2.22. The summed E-state index contributed by atoms with van der Waals surface area (Å²) < 4.78 is 13.6. The van der Waals surface area contributed by atoms with Gasteiger partial charge in [-0.3, -0.25) is 4.79 Å². The van der Waals surface area contributed by atoms with Crippen LogP contribution in [0.1, 0.15) is 24.0 Å². The topological polar surface area (TPSA) is 46.3 Å². The second-order valence-electron chi connectivity index (χ2n) is 5.32. The molecule has 108 valence electrons. The fourth-order valence-corrected chi connectivity index (χ4v) is 2.71. The van der Waals surface area contributed by atoms with Gasteiger partial charge >= 0.3 is 0 Å². The summed E-state index contributed by atoms with van der Waals surface area (Å²) in [6, 6.07) is 12.6. The Labute approximate surface area is 123 Å². The zero-order chi connectivity index (χ0) is 14.8. The van der Waals surface area contributed by atoms with E-state index in [0.717, 1.165) is 24.1 Å². The Morgan fingerprint density at radius 3 is 2.76 bits per heavy atom. The first-order valence-electron chi connectivity index (χ1n) is 7.07. The molecule has 0 atom stereocenters. The number of amides is 1. The minimum atomic E-state index is -0.442. The Morgan fingerprint density at radius 2 is 1.95 bits per heavy atom. The molecule has 0 aromatic heterocycles. The molecule has 0 saturated heterocycles. The molecule has 2 aromatic rings. The van der Waals surface area contributed by atoms with Crippen molar-refractivity contribution in [3.05, 3.63) is 59.4 Å². The van der Waals surface area contributed by atoms with Gasteiger partial charge in [0, 0.05) is 12.1 Å². The van der Waals surface area contributed by atoms with Gasteiger partial charge in [-0.2, -0.15) is 0 Å². The number of rotatable bonds is 2. The first-order chi connectivity index (χ1) is 10.1. The van der Waals surface area contributed by atoms with Crippen LogP contribution in [0.4, 0.5) is 15.8 Å². The van der Waals surface area contributed by atoms with Crippen molar-refractivity contribution in [1.82, 2.24) is 0 Å². The number of para-hydroxylation sites is 1. The molecule has 0 unspecified atom stereocenters. The summed E-state index contributed by atoms with van der Waals surface area (Å²) in [7, 11) is 0. The number of anilines is 2. The maximum atomic E-state index is 13.6. The molecular formula is C17H17FN2O. The van der Waals surface area contributed by atoms with E-state index in [0.29, 0.717) is 13.0 Å². The van der Waals surface area contributed by atoms with Crippen LogP contribution in [0.2, 0.25) is 0 Å². The van der Waals surface area contributed by atoms with E-state index in [2.05, 4.69) is 0 Å². The lowest BCUT2D eigenvalue weighted by Gasteiger charge is -2.23. The zero-order valence-electron chi connectivity index (χ0n) is 11.7. The van der Waals surface area contributed by atoms with E-state index in [1.54, 1.807) is 17.0 Å². The van der Waals surface area contributed by atoms with Gasteiger partial charge in [-0.15, -0.1) is 0 Å². The van der Waals surface area contributed by atoms with Crippen molar-refractivity contribution in [1.29, 1.82) is 0 Å². The minimum Gasteiger partial charge on any atom is -0.396 e. The average molecular weight is 284 g/mol. The zero-order valence-corrected chi connectivity index (χ0v) is 11.7. The number of aryl methyl sites for hydroxylation is 1. The van der Waals surface area contributed by atoms with E-state index in [9.17, 15) is 9.18 Å². The van der Waals surface area contributed by atoms with Crippen LogP contribution in [0, 0.1) is 5.82 Å². The molecule has 0 aliphatic carbocycles. The summed E-state index contributed by atoms with van der Waals surface area (Å²) in [4.78, 5) is 14.1. The van der Waals surface area contributed by atoms with Crippen molar-refractivity contribution in [3.63, 3.8) is 0 Å². The molecular weight excluding hydrogens is 267 g/mol. The molecule has 1 aliphatic heterocycles. The molecule has 1 amide bonds. The van der Waals surface area contributed by atoms with Crippen molar-refractivity contribution < 1.29 is 9.18 Å². The van der Waals surface area contributed by atoms with Crippen LogP contribution in [-0.2, 0) is 17.8 Å². The SMILES string of the molecule is Nc1ccc(CN2C(=O)CCCc3ccccc32)cc1F. The largest absolute Gasteiger partial charge is 0.396 e. The summed E-state index contributed by atoms with van der Waals surface area (Å²) in [6.07, 6.45) is 2.27. The van der Waals surface area contributed by atoms with Crippen LogP contribution in [0.25, 0.3) is 0 Å². The monoisotopic (exact) mass is 284 g/mol. The second-order valence-corrected chi connectivity index (χ2v) is 5.32. The third-order valence-corrected chi connectivity index (χ3v) is 3.83. The molecule has 1 heterocycles. The molecule has 3 nitrogen and oxygen atoms in total. The number of carbonyl (C=O) groups excluding carboxylic acids is 1. The standard InChI is InChI=1S/C17H17FN2O/c18-14-10-12(8-9-15(14)19)11-20-16-6-2-1-4-13(16)5-3-7-17(20)21/h1-2,4,6,8-10H,3,5,7,11,19H2. The maximum absolute atomic E-state index is 13.6. The van der Waals surface area contributed by atoms with Crippen molar-refractivity contribution in [2.24, 2.45) is 0 Å². The Bertz CT molecular complexity index is 684. The fraction of sp³-hybridized carbons (Fsp3) is 0.235. The summed E-state index contributed by atoms with van der Waals surface area (Å²) in [5.41, 5.74) is 8.46. The molecule has 0 saturated carbocycles. The first-order valence-corrected chi connectivity index (χ1v) is 7.07. The molecule has 3 rings (SSSR count). The van der Waals surface area contributed by atoms with Crippen molar-refractivity contribution in [3.8, 4) is 0 Å². The third kappa shape index (κ3) is 2.75. The Hall–Kier alpha value is -2.36. The van der Waals surface area contributed by atoms with E-state index in [1.807, 2.05) is 24.3 Å². The van der Waals surface area contributed by atoms with Gasteiger partial charge in [0.05, 0.1) is 12.2 Å². The van der Waals surface area contributed by atoms with E-state index in [-0.39, 0.29) is 11.6 Å². The van der Waals surface area contributed by atoms with Gasteiger partial charge in [0.25, 0.3) is 0 Å². The van der Waals surface area contributed by atoms with Crippen LogP contribution in [0.5, 0.6) is 0 Å². The smallest absolute Gasteiger partial charge is 0.227 e. The first kappa shape index (κ1) is 13.6. The van der Waals surface area contributed by atoms with E-state index >= 15 is 0 Å². The number of hydrogen-bond donors (Lipinski definition) is 1. The number of hydrogen-bond acceptors (Lipinski definition) is 2. The molecule has 2 N–H and O–H groups in total. The van der Waals surface area contributed by atoms with E-state index < -0.39 is 5.82 Å². The molecule has 21 heavy (non-hydrogen) atoms. The van der Waals surface area contributed by atoms with Crippen LogP contribution < -0.4 is 10.6 Å². The number of carbonyl (C=O) groups is 1. The Kier molecular flexibility index (Phi) is 3.60. The second kappa shape index (κ2) is 5.56. The highest BCUT2D eigenvalue weighted by Crippen LogP contribution is 2.28. The number of fused-ring (bicyclic) bond motifs is 1.